The number of phosphoric ester groups is 2. The molecule has 0 saturated carbocycles. The van der Waals surface area contributed by atoms with Crippen molar-refractivity contribution in [1.82, 2.24) is 0 Å². The molecule has 1 unspecified atom stereocenters. The van der Waals surface area contributed by atoms with E-state index >= 15 is 0 Å². The van der Waals surface area contributed by atoms with Crippen molar-refractivity contribution in [2.24, 2.45) is 0 Å². The number of esters is 2. The first-order valence-electron chi connectivity index (χ1n) is 22.3. The number of hydrogen-bond acceptors (Lipinski definition) is 10. The maximum absolute atomic E-state index is 12.7. The van der Waals surface area contributed by atoms with E-state index in [9.17, 15) is 28.7 Å². The zero-order valence-electron chi connectivity index (χ0n) is 37.0. The second kappa shape index (κ2) is 41.3. The van der Waals surface area contributed by atoms with Crippen molar-refractivity contribution in [3.8, 4) is 0 Å². The third kappa shape index (κ3) is 45.1. The Bertz CT molecular complexity index is 1400. The highest BCUT2D eigenvalue weighted by atomic mass is 31.2. The molecule has 0 rings (SSSR count). The smallest absolute Gasteiger partial charge is 0.462 e. The van der Waals surface area contributed by atoms with Gasteiger partial charge >= 0.3 is 27.6 Å². The summed E-state index contributed by atoms with van der Waals surface area (Å²) in [5.41, 5.74) is 0. The molecule has 3 atom stereocenters. The fourth-order valence-electron chi connectivity index (χ4n) is 5.34. The van der Waals surface area contributed by atoms with Crippen LogP contribution in [0, 0.1) is 0 Å². The summed E-state index contributed by atoms with van der Waals surface area (Å²) < 4.78 is 47.7. The van der Waals surface area contributed by atoms with Crippen LogP contribution in [0.15, 0.2) is 85.1 Å². The maximum Gasteiger partial charge on any atom is 0.472 e. The molecule has 0 aliphatic carbocycles. The van der Waals surface area contributed by atoms with Gasteiger partial charge < -0.3 is 29.3 Å². The minimum absolute atomic E-state index is 0.0809. The number of unbranched alkanes of at least 4 members (excludes halogenated alkanes) is 11. The molecule has 15 heteroatoms. The number of aliphatic hydroxyl groups excluding tert-OH is 1. The van der Waals surface area contributed by atoms with E-state index in [1.165, 1.54) is 38.5 Å². The lowest BCUT2D eigenvalue weighted by molar-refractivity contribution is -0.161. The zero-order chi connectivity index (χ0) is 45.1. The zero-order valence-corrected chi connectivity index (χ0v) is 38.8. The summed E-state index contributed by atoms with van der Waals surface area (Å²) in [6, 6.07) is 0. The lowest BCUT2D eigenvalue weighted by Crippen LogP contribution is -2.30. The van der Waals surface area contributed by atoms with Gasteiger partial charge in [-0.15, -0.1) is 0 Å². The Balaban J connectivity index is 4.65. The summed E-state index contributed by atoms with van der Waals surface area (Å²) in [7, 11) is -9.70. The standard InChI is InChI=1S/C46H78O13P2/c1-3-5-7-9-11-13-15-17-19-20-21-22-24-26-28-30-32-34-36-38-46(49)59-44(42-58-61(53,54)57-40-43(47)39-56-60(50,51)52)41-55-45(48)37-35-33-31-29-27-25-23-18-16-14-12-10-8-6-4-2/h11-14,17-19,21-23,26-29,43-44,47H,3-10,15-16,20,24-25,30-42H2,1-2H3,(H,53,54)(H2,50,51,52)/b13-11-,14-12-,19-17-,22-21-,23-18-,28-26-,29-27-/t43-,44+/m0/s1. The summed E-state index contributed by atoms with van der Waals surface area (Å²) in [5.74, 6) is -1.12. The molecule has 13 nitrogen and oxygen atoms in total. The molecule has 0 bridgehead atoms. The van der Waals surface area contributed by atoms with Gasteiger partial charge in [0.2, 0.25) is 0 Å². The summed E-state index contributed by atoms with van der Waals surface area (Å²) in [4.78, 5) is 52.7. The second-order valence-electron chi connectivity index (χ2n) is 14.6. The summed E-state index contributed by atoms with van der Waals surface area (Å²) >= 11 is 0. The van der Waals surface area contributed by atoms with E-state index in [2.05, 4.69) is 108 Å². The van der Waals surface area contributed by atoms with Gasteiger partial charge in [0.1, 0.15) is 12.7 Å². The van der Waals surface area contributed by atoms with Gasteiger partial charge in [0.25, 0.3) is 0 Å². The molecular formula is C46H78O13P2. The van der Waals surface area contributed by atoms with Crippen LogP contribution >= 0.6 is 15.6 Å². The van der Waals surface area contributed by atoms with Crippen LogP contribution in [0.3, 0.4) is 0 Å². The maximum atomic E-state index is 12.7. The van der Waals surface area contributed by atoms with Gasteiger partial charge in [-0.3, -0.25) is 23.2 Å². The topological polar surface area (TPSA) is 195 Å². The fourth-order valence-corrected chi connectivity index (χ4v) is 6.49. The minimum atomic E-state index is -4.87. The van der Waals surface area contributed by atoms with Crippen molar-refractivity contribution in [1.29, 1.82) is 0 Å². The van der Waals surface area contributed by atoms with E-state index in [0.29, 0.717) is 12.8 Å². The highest BCUT2D eigenvalue weighted by Crippen LogP contribution is 2.43. The van der Waals surface area contributed by atoms with Crippen molar-refractivity contribution in [3.05, 3.63) is 85.1 Å². The van der Waals surface area contributed by atoms with E-state index in [1.807, 2.05) is 0 Å². The Kier molecular flexibility index (Phi) is 39.5. The van der Waals surface area contributed by atoms with Gasteiger partial charge in [0.05, 0.1) is 19.8 Å². The highest BCUT2D eigenvalue weighted by molar-refractivity contribution is 7.47. The van der Waals surface area contributed by atoms with Gasteiger partial charge in [0.15, 0.2) is 6.10 Å². The van der Waals surface area contributed by atoms with Gasteiger partial charge in [-0.05, 0) is 96.3 Å². The Morgan fingerprint density at radius 2 is 0.852 bits per heavy atom. The number of rotatable bonds is 41. The molecular weight excluding hydrogens is 822 g/mol. The SMILES string of the molecule is CCCCC/C=C\C/C=C\C/C=C\C/C=C\CCCCCC(=O)O[C@H](COC(=O)CCCC/C=C\C/C=C\C/C=C\CCCCC)COP(=O)(O)OC[C@@H](O)COP(=O)(O)O. The van der Waals surface area contributed by atoms with Crippen LogP contribution in [-0.4, -0.2) is 70.4 Å². The largest absolute Gasteiger partial charge is 0.472 e. The molecule has 61 heavy (non-hydrogen) atoms. The molecule has 0 aromatic heterocycles. The van der Waals surface area contributed by atoms with E-state index < -0.39 is 66.2 Å². The summed E-state index contributed by atoms with van der Waals surface area (Å²) in [6.45, 7) is 1.61. The third-order valence-corrected chi connectivity index (χ3v) is 10.2. The lowest BCUT2D eigenvalue weighted by Gasteiger charge is -2.20. The van der Waals surface area contributed by atoms with Crippen molar-refractivity contribution < 1.29 is 61.6 Å². The Morgan fingerprint density at radius 1 is 0.475 bits per heavy atom. The Morgan fingerprint density at radius 3 is 1.31 bits per heavy atom. The first-order chi connectivity index (χ1) is 29.4. The third-order valence-electron chi connectivity index (χ3n) is 8.75. The molecule has 0 aliphatic rings. The molecule has 350 valence electrons. The van der Waals surface area contributed by atoms with E-state index in [0.717, 1.165) is 77.0 Å². The molecule has 0 radical (unpaired) electrons. The molecule has 0 saturated heterocycles. The molecule has 0 heterocycles. The van der Waals surface area contributed by atoms with Crippen molar-refractivity contribution in [2.75, 3.05) is 26.4 Å². The molecule has 0 spiro atoms. The van der Waals surface area contributed by atoms with Gasteiger partial charge in [-0.2, -0.15) is 0 Å². The highest BCUT2D eigenvalue weighted by Gasteiger charge is 2.28. The molecule has 0 amide bonds. The van der Waals surface area contributed by atoms with Crippen LogP contribution in [0.1, 0.15) is 155 Å². The fraction of sp³-hybridized carbons (Fsp3) is 0.652. The normalized spacial score (nSPS) is 14.8. The Labute approximate surface area is 367 Å². The predicted octanol–water partition coefficient (Wildman–Crippen LogP) is 11.6. The van der Waals surface area contributed by atoms with Crippen LogP contribution < -0.4 is 0 Å². The van der Waals surface area contributed by atoms with Crippen LogP contribution in [0.2, 0.25) is 0 Å². The first kappa shape index (κ1) is 58.3. The second-order valence-corrected chi connectivity index (χ2v) is 17.3. The molecule has 4 N–H and O–H groups in total. The number of allylic oxidation sites excluding steroid dienone is 14. The number of phosphoric acid groups is 2. The molecule has 0 aliphatic heterocycles. The predicted molar refractivity (Wildman–Crippen MR) is 243 cm³/mol. The van der Waals surface area contributed by atoms with E-state index in [4.69, 9.17) is 23.8 Å². The van der Waals surface area contributed by atoms with Crippen LogP contribution in [0.4, 0.5) is 0 Å². The van der Waals surface area contributed by atoms with Crippen LogP contribution in [0.25, 0.3) is 0 Å². The number of carbonyl (C=O) groups is 2. The summed E-state index contributed by atoms with van der Waals surface area (Å²) in [6.07, 6.45) is 47.2. The number of aliphatic hydroxyl groups is 1. The quantitative estimate of drug-likeness (QED) is 0.0196. The van der Waals surface area contributed by atoms with Crippen molar-refractivity contribution in [2.45, 2.75) is 167 Å². The van der Waals surface area contributed by atoms with Crippen molar-refractivity contribution >= 4 is 27.6 Å². The van der Waals surface area contributed by atoms with Crippen molar-refractivity contribution in [3.63, 3.8) is 0 Å². The number of ether oxygens (including phenoxy) is 2. The first-order valence-corrected chi connectivity index (χ1v) is 25.3. The number of hydrogen-bond donors (Lipinski definition) is 4. The molecule has 0 fully saturated rings. The number of carbonyl (C=O) groups excluding carboxylic acids is 2. The van der Waals surface area contributed by atoms with Gasteiger partial charge in [-0.25, -0.2) is 9.13 Å². The average molecular weight is 901 g/mol. The van der Waals surface area contributed by atoms with Gasteiger partial charge in [0, 0.05) is 12.8 Å². The Hall–Kier alpha value is -2.70. The lowest BCUT2D eigenvalue weighted by atomic mass is 10.1. The minimum Gasteiger partial charge on any atom is -0.462 e. The monoisotopic (exact) mass is 900 g/mol. The average Bonchev–Trinajstić information content (AvgIpc) is 3.22. The summed E-state index contributed by atoms with van der Waals surface area (Å²) in [5, 5.41) is 9.75. The molecule has 0 aromatic rings. The molecule has 0 aromatic carbocycles. The van der Waals surface area contributed by atoms with Crippen LogP contribution in [0.5, 0.6) is 0 Å². The van der Waals surface area contributed by atoms with Gasteiger partial charge in [-0.1, -0.05) is 131 Å². The van der Waals surface area contributed by atoms with E-state index in [1.54, 1.807) is 0 Å². The van der Waals surface area contributed by atoms with E-state index in [-0.39, 0.29) is 12.8 Å². The van der Waals surface area contributed by atoms with Crippen LogP contribution in [-0.2, 0) is 41.8 Å².